The van der Waals surface area contributed by atoms with Crippen LogP contribution in [0.4, 0.5) is 10.6 Å². The molecule has 8 heteroatoms. The van der Waals surface area contributed by atoms with E-state index in [1.165, 1.54) is 0 Å². The number of anilines is 1. The van der Waals surface area contributed by atoms with Gasteiger partial charge in [-0.3, -0.25) is 4.90 Å². The smallest absolute Gasteiger partial charge is 0.410 e. The highest BCUT2D eigenvalue weighted by Crippen LogP contribution is 2.34. The molecule has 2 aliphatic heterocycles. The third kappa shape index (κ3) is 3.42. The fourth-order valence-corrected chi connectivity index (χ4v) is 3.39. The molecule has 132 valence electrons. The number of ether oxygens (including phenoxy) is 1. The Balaban J connectivity index is 1.86. The third-order valence-electron chi connectivity index (χ3n) is 4.24. The van der Waals surface area contributed by atoms with Gasteiger partial charge in [0.15, 0.2) is 0 Å². The average molecular weight is 355 g/mol. The maximum atomic E-state index is 12.3. The first-order chi connectivity index (χ1) is 11.3. The van der Waals surface area contributed by atoms with E-state index in [9.17, 15) is 9.90 Å². The van der Waals surface area contributed by atoms with Crippen LogP contribution in [0.15, 0.2) is 0 Å². The molecule has 3 rings (SSSR count). The second kappa shape index (κ2) is 6.37. The number of nitrogens with zero attached hydrogens (tertiary/aromatic N) is 4. The lowest BCUT2D eigenvalue weighted by Gasteiger charge is -2.26. The first-order valence-corrected chi connectivity index (χ1v) is 8.57. The molecule has 24 heavy (non-hydrogen) atoms. The molecule has 1 saturated heterocycles. The van der Waals surface area contributed by atoms with Gasteiger partial charge in [-0.05, 0) is 45.2 Å². The molecular formula is C16H23ClN4O3. The summed E-state index contributed by atoms with van der Waals surface area (Å²) in [4.78, 5) is 24.7. The Morgan fingerprint density at radius 3 is 2.79 bits per heavy atom. The zero-order chi connectivity index (χ0) is 17.5. The second-order valence-electron chi connectivity index (χ2n) is 7.25. The number of halogens is 1. The summed E-state index contributed by atoms with van der Waals surface area (Å²) in [5.41, 5.74) is 1.10. The molecular weight excluding hydrogens is 332 g/mol. The fraction of sp³-hybridized carbons (Fsp3) is 0.688. The molecule has 7 nitrogen and oxygen atoms in total. The second-order valence-corrected chi connectivity index (χ2v) is 7.59. The molecule has 1 aromatic heterocycles. The lowest BCUT2D eigenvalue weighted by molar-refractivity contribution is 0.0241. The van der Waals surface area contributed by atoms with Gasteiger partial charge in [-0.15, -0.1) is 0 Å². The van der Waals surface area contributed by atoms with Gasteiger partial charge in [-0.1, -0.05) is 0 Å². The predicted molar refractivity (Wildman–Crippen MR) is 90.0 cm³/mol. The minimum Gasteiger partial charge on any atom is -0.444 e. The van der Waals surface area contributed by atoms with Gasteiger partial charge >= 0.3 is 6.09 Å². The highest BCUT2D eigenvalue weighted by atomic mass is 35.5. The number of carbonyl (C=O) groups excluding carboxylic acids is 1. The maximum absolute atomic E-state index is 12.3. The lowest BCUT2D eigenvalue weighted by Crippen LogP contribution is -2.34. The molecule has 2 aliphatic rings. The summed E-state index contributed by atoms with van der Waals surface area (Å²) in [6.07, 6.45) is 1.54. The minimum absolute atomic E-state index is 0.0376. The predicted octanol–water partition coefficient (Wildman–Crippen LogP) is 2.34. The van der Waals surface area contributed by atoms with Crippen molar-refractivity contribution < 1.29 is 14.6 Å². The van der Waals surface area contributed by atoms with Crippen LogP contribution in [0.2, 0.25) is 5.28 Å². The van der Waals surface area contributed by atoms with Crippen LogP contribution in [-0.4, -0.2) is 50.9 Å². The zero-order valence-corrected chi connectivity index (χ0v) is 15.0. The highest BCUT2D eigenvalue weighted by Gasteiger charge is 2.35. The van der Waals surface area contributed by atoms with E-state index in [1.54, 1.807) is 4.90 Å². The monoisotopic (exact) mass is 354 g/mol. The first-order valence-electron chi connectivity index (χ1n) is 8.19. The molecule has 1 aromatic rings. The Bertz CT molecular complexity index is 647. The maximum Gasteiger partial charge on any atom is 0.410 e. The summed E-state index contributed by atoms with van der Waals surface area (Å²) in [5.74, 6) is 0.729. The molecule has 1 atom stereocenters. The summed E-state index contributed by atoms with van der Waals surface area (Å²) < 4.78 is 5.44. The van der Waals surface area contributed by atoms with Crippen LogP contribution in [0.25, 0.3) is 0 Å². The number of fused-ring (bicyclic) bond motifs is 1. The van der Waals surface area contributed by atoms with Crippen LogP contribution >= 0.6 is 11.6 Å². The van der Waals surface area contributed by atoms with Crippen LogP contribution in [0.1, 0.15) is 44.9 Å². The van der Waals surface area contributed by atoms with Gasteiger partial charge in [0.2, 0.25) is 5.28 Å². The van der Waals surface area contributed by atoms with Crippen molar-refractivity contribution in [1.82, 2.24) is 14.9 Å². The summed E-state index contributed by atoms with van der Waals surface area (Å²) in [7, 11) is 0. The molecule has 1 amide bonds. The van der Waals surface area contributed by atoms with Crippen LogP contribution in [0.5, 0.6) is 0 Å². The van der Waals surface area contributed by atoms with Gasteiger partial charge in [0, 0.05) is 12.1 Å². The minimum atomic E-state index is -0.547. The highest BCUT2D eigenvalue weighted by molar-refractivity contribution is 6.28. The van der Waals surface area contributed by atoms with Crippen molar-refractivity contribution in [2.75, 3.05) is 18.1 Å². The Morgan fingerprint density at radius 1 is 1.38 bits per heavy atom. The largest absolute Gasteiger partial charge is 0.444 e. The molecule has 1 N–H and O–H groups in total. The summed E-state index contributed by atoms with van der Waals surface area (Å²) >= 11 is 6.09. The average Bonchev–Trinajstić information content (AvgIpc) is 3.10. The lowest BCUT2D eigenvalue weighted by atomic mass is 10.2. The van der Waals surface area contributed by atoms with Crippen LogP contribution in [0, 0.1) is 0 Å². The van der Waals surface area contributed by atoms with Crippen molar-refractivity contribution in [2.45, 2.75) is 58.3 Å². The van der Waals surface area contributed by atoms with Crippen molar-refractivity contribution in [3.63, 3.8) is 0 Å². The van der Waals surface area contributed by atoms with Crippen LogP contribution in [0.3, 0.4) is 0 Å². The number of aromatic nitrogens is 2. The van der Waals surface area contributed by atoms with E-state index in [2.05, 4.69) is 14.9 Å². The number of hydrogen-bond acceptors (Lipinski definition) is 6. The van der Waals surface area contributed by atoms with Crippen molar-refractivity contribution in [1.29, 1.82) is 0 Å². The molecule has 3 heterocycles. The SMILES string of the molecule is CC(C)(C)OC(=O)N1Cc2nc(Cl)nc(N3CCC[C@H]3CO)c2C1. The molecule has 0 unspecified atom stereocenters. The Morgan fingerprint density at radius 2 is 2.12 bits per heavy atom. The van der Waals surface area contributed by atoms with E-state index < -0.39 is 5.60 Å². The van der Waals surface area contributed by atoms with Crippen LogP contribution in [-0.2, 0) is 17.8 Å². The molecule has 0 saturated carbocycles. The van der Waals surface area contributed by atoms with E-state index in [0.717, 1.165) is 36.5 Å². The topological polar surface area (TPSA) is 78.8 Å². The number of carbonyl (C=O) groups is 1. The number of hydrogen-bond donors (Lipinski definition) is 1. The van der Waals surface area contributed by atoms with E-state index >= 15 is 0 Å². The fourth-order valence-electron chi connectivity index (χ4n) is 3.21. The van der Waals surface area contributed by atoms with Gasteiger partial charge in [-0.2, -0.15) is 0 Å². The summed E-state index contributed by atoms with van der Waals surface area (Å²) in [6.45, 7) is 7.16. The normalized spacial score (nSPS) is 20.5. The van der Waals surface area contributed by atoms with Gasteiger partial charge in [0.1, 0.15) is 11.4 Å². The Labute approximate surface area is 146 Å². The Hall–Kier alpha value is -1.60. The van der Waals surface area contributed by atoms with E-state index in [1.807, 2.05) is 20.8 Å². The number of aliphatic hydroxyl groups is 1. The summed E-state index contributed by atoms with van der Waals surface area (Å²) in [5, 5.41) is 9.75. The van der Waals surface area contributed by atoms with Gasteiger partial charge in [-0.25, -0.2) is 14.8 Å². The number of rotatable bonds is 2. The van der Waals surface area contributed by atoms with E-state index in [0.29, 0.717) is 13.1 Å². The quantitative estimate of drug-likeness (QED) is 0.821. The standard InChI is InChI=1S/C16H23ClN4O3/c1-16(2,3)24-15(23)20-7-11-12(8-20)18-14(17)19-13(11)21-6-4-5-10(21)9-22/h10,22H,4-9H2,1-3H3/t10-/m0/s1. The van der Waals surface area contributed by atoms with Crippen LogP contribution < -0.4 is 4.90 Å². The first kappa shape index (κ1) is 17.2. The van der Waals surface area contributed by atoms with Crippen molar-refractivity contribution in [3.8, 4) is 0 Å². The van der Waals surface area contributed by atoms with E-state index in [4.69, 9.17) is 16.3 Å². The van der Waals surface area contributed by atoms with E-state index in [-0.39, 0.29) is 24.0 Å². The van der Waals surface area contributed by atoms with Gasteiger partial charge in [0.05, 0.1) is 31.4 Å². The molecule has 0 spiro atoms. The molecule has 0 bridgehead atoms. The molecule has 1 fully saturated rings. The summed E-state index contributed by atoms with van der Waals surface area (Å²) in [6, 6.07) is 0.0376. The van der Waals surface area contributed by atoms with Crippen molar-refractivity contribution >= 4 is 23.5 Å². The van der Waals surface area contributed by atoms with Gasteiger partial charge < -0.3 is 14.7 Å². The van der Waals surface area contributed by atoms with Crippen molar-refractivity contribution in [3.05, 3.63) is 16.5 Å². The number of amides is 1. The zero-order valence-electron chi connectivity index (χ0n) is 14.3. The molecule has 0 aromatic carbocycles. The Kier molecular flexibility index (Phi) is 4.57. The van der Waals surface area contributed by atoms with Crippen molar-refractivity contribution in [2.24, 2.45) is 0 Å². The van der Waals surface area contributed by atoms with Gasteiger partial charge in [0.25, 0.3) is 0 Å². The number of aliphatic hydroxyl groups excluding tert-OH is 1. The molecule has 0 aliphatic carbocycles. The third-order valence-corrected chi connectivity index (χ3v) is 4.41. The molecule has 0 radical (unpaired) electrons.